The van der Waals surface area contributed by atoms with Crippen molar-refractivity contribution >= 4 is 0 Å². The van der Waals surface area contributed by atoms with Crippen molar-refractivity contribution in [3.05, 3.63) is 58.9 Å². The van der Waals surface area contributed by atoms with E-state index in [0.717, 1.165) is 57.0 Å². The molecule has 1 fully saturated rings. The van der Waals surface area contributed by atoms with E-state index in [2.05, 4.69) is 15.2 Å². The van der Waals surface area contributed by atoms with Gasteiger partial charge in [0.1, 0.15) is 11.6 Å². The Morgan fingerprint density at radius 3 is 3.13 bits per heavy atom. The van der Waals surface area contributed by atoms with E-state index >= 15 is 0 Å². The Kier molecular flexibility index (Phi) is 4.06. The number of aromatic nitrogens is 2. The third kappa shape index (κ3) is 3.26. The minimum absolute atomic E-state index is 0.168. The number of hydrogen-bond donors (Lipinski definition) is 1. The predicted octanol–water partition coefficient (Wildman–Crippen LogP) is 2.25. The smallest absolute Gasteiger partial charge is 0.132 e. The van der Waals surface area contributed by atoms with Gasteiger partial charge in [-0.25, -0.2) is 14.4 Å². The first-order valence-electron chi connectivity index (χ1n) is 8.30. The van der Waals surface area contributed by atoms with E-state index in [0.29, 0.717) is 5.92 Å². The topological polar surface area (TPSA) is 41.1 Å². The first-order chi connectivity index (χ1) is 11.3. The molecule has 2 aromatic rings. The van der Waals surface area contributed by atoms with Crippen molar-refractivity contribution in [2.75, 3.05) is 19.6 Å². The molecule has 23 heavy (non-hydrogen) atoms. The van der Waals surface area contributed by atoms with Gasteiger partial charge in [0.25, 0.3) is 0 Å². The Morgan fingerprint density at radius 2 is 2.30 bits per heavy atom. The van der Waals surface area contributed by atoms with Crippen LogP contribution in [-0.2, 0) is 19.5 Å². The Hall–Kier alpha value is -1.85. The highest BCUT2D eigenvalue weighted by Crippen LogP contribution is 2.23. The lowest BCUT2D eigenvalue weighted by Gasteiger charge is -2.28. The second-order valence-electron chi connectivity index (χ2n) is 6.48. The highest BCUT2D eigenvalue weighted by molar-refractivity contribution is 5.23. The molecule has 0 radical (unpaired) electrons. The summed E-state index contributed by atoms with van der Waals surface area (Å²) in [6.45, 7) is 4.63. The maximum Gasteiger partial charge on any atom is 0.132 e. The summed E-state index contributed by atoms with van der Waals surface area (Å²) in [5, 5.41) is 3.37. The Labute approximate surface area is 135 Å². The monoisotopic (exact) mass is 312 g/mol. The lowest BCUT2D eigenvalue weighted by molar-refractivity contribution is 0.242. The molecule has 2 aliphatic heterocycles. The molecule has 0 spiro atoms. The molecule has 4 nitrogen and oxygen atoms in total. The van der Waals surface area contributed by atoms with Gasteiger partial charge < -0.3 is 5.32 Å². The van der Waals surface area contributed by atoms with E-state index in [-0.39, 0.29) is 5.82 Å². The van der Waals surface area contributed by atoms with Gasteiger partial charge in [-0.2, -0.15) is 0 Å². The van der Waals surface area contributed by atoms with E-state index < -0.39 is 0 Å². The summed E-state index contributed by atoms with van der Waals surface area (Å²) < 4.78 is 13.3. The lowest BCUT2D eigenvalue weighted by Crippen LogP contribution is -2.31. The van der Waals surface area contributed by atoms with Crippen LogP contribution in [0.15, 0.2) is 30.5 Å². The standard InChI is InChI=1S/C18H21FN4/c19-16-3-1-2-13(8-16)11-23-7-5-17-15(12-23)10-21-18(22-17)14-4-6-20-9-14/h1-3,8,10,14,20H,4-7,9,11-12H2/t14-/m0/s1. The van der Waals surface area contributed by atoms with E-state index in [4.69, 9.17) is 4.98 Å². The van der Waals surface area contributed by atoms with Crippen LogP contribution in [0.4, 0.5) is 4.39 Å². The van der Waals surface area contributed by atoms with E-state index in [9.17, 15) is 4.39 Å². The van der Waals surface area contributed by atoms with Crippen LogP contribution in [0.2, 0.25) is 0 Å². The first kappa shape index (κ1) is 14.7. The number of nitrogens with zero attached hydrogens (tertiary/aromatic N) is 3. The van der Waals surface area contributed by atoms with Gasteiger partial charge in [0.05, 0.1) is 0 Å². The molecule has 0 bridgehead atoms. The molecule has 0 saturated carbocycles. The zero-order valence-corrected chi connectivity index (χ0v) is 13.1. The maximum atomic E-state index is 13.3. The minimum atomic E-state index is -0.168. The molecule has 2 aliphatic rings. The normalized spacial score (nSPS) is 21.3. The van der Waals surface area contributed by atoms with Gasteiger partial charge >= 0.3 is 0 Å². The van der Waals surface area contributed by atoms with Crippen molar-refractivity contribution in [3.8, 4) is 0 Å². The van der Waals surface area contributed by atoms with E-state index in [1.54, 1.807) is 12.1 Å². The third-order valence-corrected chi connectivity index (χ3v) is 4.75. The molecule has 1 saturated heterocycles. The predicted molar refractivity (Wildman–Crippen MR) is 86.5 cm³/mol. The molecular formula is C18H21FN4. The minimum Gasteiger partial charge on any atom is -0.316 e. The quantitative estimate of drug-likeness (QED) is 0.944. The van der Waals surface area contributed by atoms with Crippen molar-refractivity contribution in [2.45, 2.75) is 31.8 Å². The van der Waals surface area contributed by atoms with Crippen molar-refractivity contribution in [2.24, 2.45) is 0 Å². The number of nitrogens with one attached hydrogen (secondary N) is 1. The molecule has 3 heterocycles. The van der Waals surface area contributed by atoms with Gasteiger partial charge in [-0.1, -0.05) is 12.1 Å². The van der Waals surface area contributed by atoms with Gasteiger partial charge in [-0.05, 0) is 30.7 Å². The Bertz CT molecular complexity index is 697. The molecule has 1 aromatic heterocycles. The highest BCUT2D eigenvalue weighted by atomic mass is 19.1. The molecule has 4 rings (SSSR count). The zero-order valence-electron chi connectivity index (χ0n) is 13.1. The Balaban J connectivity index is 1.47. The average Bonchev–Trinajstić information content (AvgIpc) is 3.09. The molecule has 0 unspecified atom stereocenters. The van der Waals surface area contributed by atoms with Gasteiger partial charge in [0.2, 0.25) is 0 Å². The summed E-state index contributed by atoms with van der Waals surface area (Å²) in [4.78, 5) is 11.7. The van der Waals surface area contributed by atoms with Gasteiger partial charge in [0, 0.05) is 56.0 Å². The third-order valence-electron chi connectivity index (χ3n) is 4.75. The van der Waals surface area contributed by atoms with Gasteiger partial charge in [0.15, 0.2) is 0 Å². The Morgan fingerprint density at radius 1 is 1.35 bits per heavy atom. The SMILES string of the molecule is Fc1cccc(CN2CCc3nc([C@H]4CCNC4)ncc3C2)c1. The van der Waals surface area contributed by atoms with Crippen molar-refractivity contribution in [1.29, 1.82) is 0 Å². The van der Waals surface area contributed by atoms with Crippen LogP contribution in [0.5, 0.6) is 0 Å². The van der Waals surface area contributed by atoms with Crippen LogP contribution in [0, 0.1) is 5.82 Å². The second-order valence-corrected chi connectivity index (χ2v) is 6.48. The fraction of sp³-hybridized carbons (Fsp3) is 0.444. The van der Waals surface area contributed by atoms with Crippen LogP contribution in [0.25, 0.3) is 0 Å². The van der Waals surface area contributed by atoms with Gasteiger partial charge in [-0.3, -0.25) is 4.90 Å². The van der Waals surface area contributed by atoms with Crippen LogP contribution in [0.1, 0.15) is 35.0 Å². The van der Waals surface area contributed by atoms with Crippen LogP contribution in [0.3, 0.4) is 0 Å². The first-order valence-corrected chi connectivity index (χ1v) is 8.30. The lowest BCUT2D eigenvalue weighted by atomic mass is 10.0. The summed E-state index contributed by atoms with van der Waals surface area (Å²) in [7, 11) is 0. The van der Waals surface area contributed by atoms with Crippen molar-refractivity contribution in [3.63, 3.8) is 0 Å². The molecule has 1 N–H and O–H groups in total. The number of benzene rings is 1. The summed E-state index contributed by atoms with van der Waals surface area (Å²) >= 11 is 0. The summed E-state index contributed by atoms with van der Waals surface area (Å²) in [6.07, 6.45) is 4.07. The second kappa shape index (κ2) is 6.34. The largest absolute Gasteiger partial charge is 0.316 e. The average molecular weight is 312 g/mol. The van der Waals surface area contributed by atoms with E-state index in [1.165, 1.54) is 17.3 Å². The van der Waals surface area contributed by atoms with Gasteiger partial charge in [-0.15, -0.1) is 0 Å². The fourth-order valence-electron chi connectivity index (χ4n) is 3.49. The number of rotatable bonds is 3. The van der Waals surface area contributed by atoms with Crippen molar-refractivity contribution < 1.29 is 4.39 Å². The summed E-state index contributed by atoms with van der Waals surface area (Å²) in [5.41, 5.74) is 3.42. The zero-order chi connectivity index (χ0) is 15.6. The molecule has 5 heteroatoms. The van der Waals surface area contributed by atoms with Crippen molar-refractivity contribution in [1.82, 2.24) is 20.2 Å². The summed E-state index contributed by atoms with van der Waals surface area (Å²) in [6, 6.07) is 6.85. The number of halogens is 1. The summed E-state index contributed by atoms with van der Waals surface area (Å²) in [5.74, 6) is 1.29. The van der Waals surface area contributed by atoms with Crippen LogP contribution < -0.4 is 5.32 Å². The maximum absolute atomic E-state index is 13.3. The fourth-order valence-corrected chi connectivity index (χ4v) is 3.49. The number of hydrogen-bond acceptors (Lipinski definition) is 4. The van der Waals surface area contributed by atoms with Crippen LogP contribution in [-0.4, -0.2) is 34.5 Å². The molecular weight excluding hydrogens is 291 g/mol. The molecule has 0 amide bonds. The molecule has 1 aromatic carbocycles. The highest BCUT2D eigenvalue weighted by Gasteiger charge is 2.23. The molecule has 0 aliphatic carbocycles. The molecule has 1 atom stereocenters. The number of fused-ring (bicyclic) bond motifs is 1. The van der Waals surface area contributed by atoms with Crippen LogP contribution >= 0.6 is 0 Å². The van der Waals surface area contributed by atoms with E-state index in [1.807, 2.05) is 12.3 Å². The molecule has 120 valence electrons.